The van der Waals surface area contributed by atoms with Crippen LogP contribution < -0.4 is 15.0 Å². The van der Waals surface area contributed by atoms with Crippen molar-refractivity contribution in [2.24, 2.45) is 0 Å². The quantitative estimate of drug-likeness (QED) is 0.585. The van der Waals surface area contributed by atoms with Crippen molar-refractivity contribution in [1.29, 1.82) is 0 Å². The summed E-state index contributed by atoms with van der Waals surface area (Å²) in [5.74, 6) is 1.69. The molecule has 0 fully saturated rings. The fraction of sp³-hybridized carbons (Fsp3) is 0.333. The topological polar surface area (TPSA) is 80.2 Å². The van der Waals surface area contributed by atoms with Crippen molar-refractivity contribution in [3.63, 3.8) is 0 Å². The molecule has 1 amide bonds. The first-order valence-electron chi connectivity index (χ1n) is 10.1. The molecule has 32 heavy (non-hydrogen) atoms. The summed E-state index contributed by atoms with van der Waals surface area (Å²) in [4.78, 5) is 26.8. The van der Waals surface area contributed by atoms with Crippen LogP contribution in [0.25, 0.3) is 0 Å². The number of pyridine rings is 1. The van der Waals surface area contributed by atoms with Crippen molar-refractivity contribution in [3.8, 4) is 5.75 Å². The van der Waals surface area contributed by atoms with Crippen LogP contribution in [0.3, 0.4) is 0 Å². The van der Waals surface area contributed by atoms with Gasteiger partial charge in [-0.05, 0) is 50.1 Å². The molecule has 3 aromatic rings. The molecule has 168 valence electrons. The van der Waals surface area contributed by atoms with E-state index in [1.807, 2.05) is 50.1 Å². The first kappa shape index (κ1) is 23.1. The van der Waals surface area contributed by atoms with E-state index in [0.29, 0.717) is 18.7 Å². The molecule has 3 heterocycles. The lowest BCUT2D eigenvalue weighted by Gasteiger charge is -2.32. The average Bonchev–Trinajstić information content (AvgIpc) is 2.77. The van der Waals surface area contributed by atoms with Crippen molar-refractivity contribution in [2.45, 2.75) is 46.8 Å². The Kier molecular flexibility index (Phi) is 7.02. The lowest BCUT2D eigenvalue weighted by Crippen LogP contribution is -2.45. The Labute approximate surface area is 187 Å². The molecule has 1 aromatic carbocycles. The predicted molar refractivity (Wildman–Crippen MR) is 122 cm³/mol. The fourth-order valence-corrected chi connectivity index (χ4v) is 3.38. The average molecular weight is 438 g/mol. The van der Waals surface area contributed by atoms with Crippen LogP contribution in [0.1, 0.15) is 37.0 Å². The molecule has 7 nitrogen and oxygen atoms in total. The van der Waals surface area contributed by atoms with Crippen molar-refractivity contribution in [1.82, 2.24) is 15.0 Å². The monoisotopic (exact) mass is 437 g/mol. The lowest BCUT2D eigenvalue weighted by molar-refractivity contribution is -0.117. The van der Waals surface area contributed by atoms with E-state index >= 15 is 0 Å². The van der Waals surface area contributed by atoms with Gasteiger partial charge in [0.2, 0.25) is 11.9 Å². The molecule has 1 N–H and O–H groups in total. The Morgan fingerprint density at radius 2 is 1.81 bits per heavy atom. The number of amides is 1. The van der Waals surface area contributed by atoms with Gasteiger partial charge in [-0.25, -0.2) is 15.0 Å². The smallest absolute Gasteiger partial charge is 0.246 e. The van der Waals surface area contributed by atoms with Crippen LogP contribution in [0.5, 0.6) is 5.75 Å². The number of carbonyl (C=O) groups is 1. The fourth-order valence-electron chi connectivity index (χ4n) is 3.38. The Bertz CT molecular complexity index is 1090. The number of halogens is 1. The molecule has 0 aliphatic carbocycles. The summed E-state index contributed by atoms with van der Waals surface area (Å²) in [7, 11) is 1.87. The third-order valence-corrected chi connectivity index (χ3v) is 5.41. The van der Waals surface area contributed by atoms with Gasteiger partial charge in [0.05, 0.1) is 5.69 Å². The van der Waals surface area contributed by atoms with Gasteiger partial charge in [0, 0.05) is 25.2 Å². The molecular weight excluding hydrogens is 409 g/mol. The maximum atomic E-state index is 12.9. The Hall–Kier alpha value is -3.55. The van der Waals surface area contributed by atoms with Crippen LogP contribution in [0.2, 0.25) is 0 Å². The van der Waals surface area contributed by atoms with E-state index in [-0.39, 0.29) is 19.4 Å². The largest absolute Gasteiger partial charge is 0.489 e. The summed E-state index contributed by atoms with van der Waals surface area (Å²) in [6, 6.07) is 10.6. The summed E-state index contributed by atoms with van der Waals surface area (Å²) >= 11 is 0. The van der Waals surface area contributed by atoms with Crippen LogP contribution in [-0.4, -0.2) is 33.9 Å². The molecule has 0 unspecified atom stereocenters. The number of benzene rings is 1. The number of carbonyl (C=O) groups excluding carboxylic acids is 1. The first-order valence-corrected chi connectivity index (χ1v) is 10.1. The zero-order valence-electron chi connectivity index (χ0n) is 17.7. The zero-order chi connectivity index (χ0) is 22.0. The number of rotatable bonds is 6. The van der Waals surface area contributed by atoms with E-state index < -0.39 is 5.95 Å². The first-order chi connectivity index (χ1) is 14.9. The van der Waals surface area contributed by atoms with Crippen LogP contribution in [0, 0.1) is 12.9 Å². The van der Waals surface area contributed by atoms with E-state index in [1.54, 1.807) is 6.07 Å². The van der Waals surface area contributed by atoms with Gasteiger partial charge >= 0.3 is 0 Å². The van der Waals surface area contributed by atoms with Crippen molar-refractivity contribution >= 4 is 17.4 Å². The molecule has 1 aliphatic heterocycles. The van der Waals surface area contributed by atoms with Crippen LogP contribution >= 0.6 is 0 Å². The third-order valence-electron chi connectivity index (χ3n) is 5.41. The highest BCUT2D eigenvalue weighted by molar-refractivity contribution is 6.02. The number of hydrogen-bond donors (Lipinski definition) is 1. The van der Waals surface area contributed by atoms with E-state index in [1.165, 1.54) is 12.3 Å². The number of aromatic nitrogens is 3. The van der Waals surface area contributed by atoms with Crippen molar-refractivity contribution < 1.29 is 13.9 Å². The molecule has 8 heteroatoms. The van der Waals surface area contributed by atoms with E-state index in [9.17, 15) is 9.18 Å². The molecule has 0 radical (unpaired) electrons. The molecule has 1 aliphatic rings. The summed E-state index contributed by atoms with van der Waals surface area (Å²) in [6.07, 6.45) is 2.94. The van der Waals surface area contributed by atoms with Crippen LogP contribution in [0.4, 0.5) is 15.9 Å². The van der Waals surface area contributed by atoms with Gasteiger partial charge < -0.3 is 15.0 Å². The van der Waals surface area contributed by atoms with Gasteiger partial charge in [-0.1, -0.05) is 19.6 Å². The summed E-state index contributed by atoms with van der Waals surface area (Å²) in [6.45, 7) is 4.07. The normalized spacial score (nSPS) is 14.9. The second-order valence-electron chi connectivity index (χ2n) is 7.62. The van der Waals surface area contributed by atoms with Crippen molar-refractivity contribution in [3.05, 3.63) is 71.2 Å². The molecule has 1 atom stereocenters. The van der Waals surface area contributed by atoms with Gasteiger partial charge in [0.25, 0.3) is 0 Å². The molecule has 2 aromatic heterocycles. The van der Waals surface area contributed by atoms with Gasteiger partial charge in [-0.3, -0.25) is 4.79 Å². The van der Waals surface area contributed by atoms with Crippen LogP contribution in [0.15, 0.2) is 42.6 Å². The summed E-state index contributed by atoms with van der Waals surface area (Å²) < 4.78 is 18.6. The Morgan fingerprint density at radius 1 is 1.09 bits per heavy atom. The highest BCUT2D eigenvalue weighted by Gasteiger charge is 2.30. The molecule has 4 rings (SSSR count). The number of fused-ring (bicyclic) bond motifs is 1. The third kappa shape index (κ3) is 5.01. The molecule has 0 saturated heterocycles. The van der Waals surface area contributed by atoms with Gasteiger partial charge in [0.1, 0.15) is 29.9 Å². The predicted octanol–water partition coefficient (Wildman–Crippen LogP) is 4.10. The highest BCUT2D eigenvalue weighted by Crippen LogP contribution is 2.31. The Balaban J connectivity index is 0.00000289. The minimum atomic E-state index is -0.503. The molecule has 0 bridgehead atoms. The number of ether oxygens (including phenoxy) is 1. The molecule has 0 saturated carbocycles. The standard InChI is InChI=1S/C23H24FN5O2.CH4/c1-14-21-22(29(3)15(2)23(30)28-21)27-20(26-14)11-7-16-4-8-18(9-5-16)31-13-17-6-10-19(24)25-12-17;/h4-6,8-10,12,15H,7,11,13H2,1-3H3,(H,28,30);1H4/t15-;/m0./s1. The second kappa shape index (κ2) is 9.72. The number of nitrogens with zero attached hydrogens (tertiary/aromatic N) is 4. The minimum absolute atomic E-state index is 0. The van der Waals surface area contributed by atoms with E-state index in [0.717, 1.165) is 40.6 Å². The number of anilines is 2. The van der Waals surface area contributed by atoms with Gasteiger partial charge in [-0.15, -0.1) is 0 Å². The zero-order valence-corrected chi connectivity index (χ0v) is 17.7. The second-order valence-corrected chi connectivity index (χ2v) is 7.62. The Morgan fingerprint density at radius 3 is 2.50 bits per heavy atom. The molecule has 0 spiro atoms. The van der Waals surface area contributed by atoms with Gasteiger partial charge in [0.15, 0.2) is 5.82 Å². The number of aryl methyl sites for hydroxylation is 3. The SMILES string of the molecule is C.Cc1nc(CCc2ccc(OCc3ccc(F)nc3)cc2)nc2c1NC(=O)[C@H](C)N2C. The number of hydrogen-bond acceptors (Lipinski definition) is 6. The van der Waals surface area contributed by atoms with Crippen molar-refractivity contribution in [2.75, 3.05) is 17.3 Å². The number of likely N-dealkylation sites (N-methyl/N-ethyl adjacent to an activating group) is 1. The van der Waals surface area contributed by atoms with E-state index in [2.05, 4.69) is 20.3 Å². The van der Waals surface area contributed by atoms with Gasteiger partial charge in [-0.2, -0.15) is 4.39 Å². The highest BCUT2D eigenvalue weighted by atomic mass is 19.1. The van der Waals surface area contributed by atoms with Crippen LogP contribution in [-0.2, 0) is 24.2 Å². The summed E-state index contributed by atoms with van der Waals surface area (Å²) in [5.41, 5.74) is 3.41. The summed E-state index contributed by atoms with van der Waals surface area (Å²) in [5, 5.41) is 2.90. The van der Waals surface area contributed by atoms with E-state index in [4.69, 9.17) is 4.74 Å². The molecular formula is C24H28FN5O2. The lowest BCUT2D eigenvalue weighted by atomic mass is 10.1. The number of nitrogens with one attached hydrogen (secondary N) is 1. The maximum absolute atomic E-state index is 12.9. The maximum Gasteiger partial charge on any atom is 0.246 e. The minimum Gasteiger partial charge on any atom is -0.489 e.